The van der Waals surface area contributed by atoms with E-state index in [1.54, 1.807) is 32.3 Å². The van der Waals surface area contributed by atoms with E-state index in [1.165, 1.54) is 5.01 Å². The fraction of sp³-hybridized carbons (Fsp3) is 0.643. The second-order valence-electron chi connectivity index (χ2n) is 10.5. The molecule has 0 spiro atoms. The number of cyclic esters (lactones) is 1. The molecule has 0 saturated carbocycles. The minimum absolute atomic E-state index is 0.159. The van der Waals surface area contributed by atoms with Crippen LogP contribution in [0.2, 0.25) is 0 Å². The van der Waals surface area contributed by atoms with Crippen LogP contribution in [0.5, 0.6) is 0 Å². The topological polar surface area (TPSA) is 126 Å². The summed E-state index contributed by atoms with van der Waals surface area (Å²) in [7, 11) is 1.58. The van der Waals surface area contributed by atoms with Gasteiger partial charge in [-0.05, 0) is 56.2 Å². The Hall–Kier alpha value is -2.76. The van der Waals surface area contributed by atoms with Crippen molar-refractivity contribution in [1.82, 2.24) is 21.1 Å². The Labute approximate surface area is 234 Å². The number of ether oxygens (including phenoxy) is 2. The molecule has 10 nitrogen and oxygen atoms in total. The lowest BCUT2D eigenvalue weighted by atomic mass is 9.96. The van der Waals surface area contributed by atoms with Gasteiger partial charge in [-0.1, -0.05) is 33.8 Å². The maximum atomic E-state index is 13.3. The van der Waals surface area contributed by atoms with Crippen LogP contribution < -0.4 is 16.1 Å². The van der Waals surface area contributed by atoms with Crippen LogP contribution in [0, 0.1) is 11.8 Å². The number of esters is 1. The third-order valence-corrected chi connectivity index (χ3v) is 8.24. The van der Waals surface area contributed by atoms with E-state index in [0.29, 0.717) is 38.6 Å². The monoisotopic (exact) mass is 562 g/mol. The van der Waals surface area contributed by atoms with Crippen molar-refractivity contribution >= 4 is 41.1 Å². The molecule has 11 heteroatoms. The zero-order chi connectivity index (χ0) is 28.5. The van der Waals surface area contributed by atoms with E-state index in [4.69, 9.17) is 9.47 Å². The zero-order valence-electron chi connectivity index (χ0n) is 23.5. The molecule has 3 heterocycles. The minimum atomic E-state index is -0.817. The SMILES string of the molecule is CCC1NC(=O)C(C(C)C)NC(=O)C(C)C(OC)CC/C=C/c2ccc(s2)COC(=O)C2CCCN(N2)C1=O. The van der Waals surface area contributed by atoms with Crippen molar-refractivity contribution in [3.05, 3.63) is 28.0 Å². The first-order chi connectivity index (χ1) is 18.6. The molecule has 1 saturated heterocycles. The van der Waals surface area contributed by atoms with Crippen LogP contribution in [0.4, 0.5) is 0 Å². The summed E-state index contributed by atoms with van der Waals surface area (Å²) in [6.07, 6.45) is 6.58. The summed E-state index contributed by atoms with van der Waals surface area (Å²) in [5.74, 6) is -2.13. The van der Waals surface area contributed by atoms with E-state index >= 15 is 0 Å². The van der Waals surface area contributed by atoms with Crippen molar-refractivity contribution in [3.63, 3.8) is 0 Å². The quantitative estimate of drug-likeness (QED) is 0.484. The van der Waals surface area contributed by atoms with Gasteiger partial charge in [0.1, 0.15) is 24.7 Å². The van der Waals surface area contributed by atoms with E-state index in [2.05, 4.69) is 16.1 Å². The van der Waals surface area contributed by atoms with Crippen LogP contribution in [-0.4, -0.2) is 66.6 Å². The summed E-state index contributed by atoms with van der Waals surface area (Å²) in [4.78, 5) is 54.5. The van der Waals surface area contributed by atoms with Crippen molar-refractivity contribution in [3.8, 4) is 0 Å². The van der Waals surface area contributed by atoms with Gasteiger partial charge >= 0.3 is 5.97 Å². The number of nitrogens with one attached hydrogen (secondary N) is 3. The number of hydrazine groups is 1. The Bertz CT molecular complexity index is 1040. The zero-order valence-corrected chi connectivity index (χ0v) is 24.3. The van der Waals surface area contributed by atoms with Gasteiger partial charge in [0.15, 0.2) is 0 Å². The number of methoxy groups -OCH3 is 1. The van der Waals surface area contributed by atoms with Crippen LogP contribution in [0.3, 0.4) is 0 Å². The standard InChI is InChI=1S/C28H42N4O6S/c1-6-21-27(35)32-15-9-11-22(31-32)28(36)38-16-20-14-13-19(39-20)10-7-8-12-23(37-5)18(4)25(33)30-24(17(2)3)26(34)29-21/h7,10,13-14,17-18,21-24,31H,6,8-9,11-12,15-16H2,1-5H3,(H,29,34)(H,30,33)/b10-7+. The maximum Gasteiger partial charge on any atom is 0.325 e. The second-order valence-corrected chi connectivity index (χ2v) is 11.7. The van der Waals surface area contributed by atoms with Crippen molar-refractivity contribution in [2.24, 2.45) is 11.8 Å². The molecule has 1 fully saturated rings. The Kier molecular flexibility index (Phi) is 11.5. The van der Waals surface area contributed by atoms with Gasteiger partial charge in [-0.2, -0.15) is 0 Å². The Morgan fingerprint density at radius 2 is 1.90 bits per heavy atom. The number of hydrogen-bond acceptors (Lipinski definition) is 8. The molecular formula is C28H42N4O6S. The van der Waals surface area contributed by atoms with Crippen LogP contribution in [0.25, 0.3) is 6.08 Å². The number of rotatable bonds is 3. The summed E-state index contributed by atoms with van der Waals surface area (Å²) in [5, 5.41) is 7.10. The molecule has 3 amide bonds. The Balaban J connectivity index is 1.84. The van der Waals surface area contributed by atoms with Crippen LogP contribution >= 0.6 is 11.3 Å². The number of carbonyl (C=O) groups excluding carboxylic acids is 4. The Morgan fingerprint density at radius 3 is 2.59 bits per heavy atom. The number of nitrogens with zero attached hydrogens (tertiary/aromatic N) is 1. The molecule has 5 unspecified atom stereocenters. The first-order valence-electron chi connectivity index (χ1n) is 13.8. The molecule has 0 aliphatic carbocycles. The molecule has 1 aromatic heterocycles. The first kappa shape index (κ1) is 30.8. The molecule has 2 aliphatic rings. The largest absolute Gasteiger partial charge is 0.459 e. The van der Waals surface area contributed by atoms with Gasteiger partial charge in [0, 0.05) is 23.4 Å². The predicted molar refractivity (Wildman–Crippen MR) is 149 cm³/mol. The smallest absolute Gasteiger partial charge is 0.325 e. The van der Waals surface area contributed by atoms with E-state index in [0.717, 1.165) is 9.75 Å². The Morgan fingerprint density at radius 1 is 1.13 bits per heavy atom. The molecule has 4 bridgehead atoms. The maximum absolute atomic E-state index is 13.3. The number of fused-ring (bicyclic) bond motifs is 4. The fourth-order valence-electron chi connectivity index (χ4n) is 4.73. The molecule has 0 radical (unpaired) electrons. The van der Waals surface area contributed by atoms with Gasteiger partial charge < -0.3 is 20.1 Å². The van der Waals surface area contributed by atoms with E-state index in [1.807, 2.05) is 38.1 Å². The number of allylic oxidation sites excluding steroid dienone is 1. The van der Waals surface area contributed by atoms with Crippen LogP contribution in [-0.2, 0) is 35.3 Å². The van der Waals surface area contributed by atoms with Crippen molar-refractivity contribution in [2.75, 3.05) is 13.7 Å². The molecule has 3 rings (SSSR count). The third-order valence-electron chi connectivity index (χ3n) is 7.22. The molecule has 3 N–H and O–H groups in total. The molecule has 5 atom stereocenters. The molecule has 2 aliphatic heterocycles. The molecule has 1 aromatic rings. The van der Waals surface area contributed by atoms with Gasteiger partial charge in [-0.3, -0.25) is 24.2 Å². The predicted octanol–water partition coefficient (Wildman–Crippen LogP) is 2.78. The average Bonchev–Trinajstić information content (AvgIpc) is 3.39. The number of carbonyl (C=O) groups is 4. The van der Waals surface area contributed by atoms with Crippen molar-refractivity contribution in [2.45, 2.75) is 90.6 Å². The lowest BCUT2D eigenvalue weighted by Gasteiger charge is -2.35. The number of amides is 3. The summed E-state index contributed by atoms with van der Waals surface area (Å²) >= 11 is 1.54. The highest BCUT2D eigenvalue weighted by Crippen LogP contribution is 2.21. The van der Waals surface area contributed by atoms with Crippen LogP contribution in [0.1, 0.15) is 69.6 Å². The summed E-state index contributed by atoms with van der Waals surface area (Å²) in [6, 6.07) is 1.63. The molecule has 0 aromatic carbocycles. The van der Waals surface area contributed by atoms with E-state index < -0.39 is 35.9 Å². The molecule has 39 heavy (non-hydrogen) atoms. The third kappa shape index (κ3) is 8.36. The number of hydrogen-bond donors (Lipinski definition) is 3. The fourth-order valence-corrected chi connectivity index (χ4v) is 5.59. The van der Waals surface area contributed by atoms with E-state index in [9.17, 15) is 19.2 Å². The molecule has 216 valence electrons. The van der Waals surface area contributed by atoms with Gasteiger partial charge in [0.25, 0.3) is 5.91 Å². The number of thiophene rings is 1. The molecular weight excluding hydrogens is 520 g/mol. The van der Waals surface area contributed by atoms with Gasteiger partial charge in [0.2, 0.25) is 11.8 Å². The highest BCUT2D eigenvalue weighted by molar-refractivity contribution is 7.12. The highest BCUT2D eigenvalue weighted by Gasteiger charge is 2.35. The second kappa shape index (κ2) is 14.6. The van der Waals surface area contributed by atoms with Crippen LogP contribution in [0.15, 0.2) is 18.2 Å². The lowest BCUT2D eigenvalue weighted by Crippen LogP contribution is -2.61. The summed E-state index contributed by atoms with van der Waals surface area (Å²) < 4.78 is 11.2. The van der Waals surface area contributed by atoms with Gasteiger partial charge in [-0.15, -0.1) is 11.3 Å². The minimum Gasteiger partial charge on any atom is -0.459 e. The van der Waals surface area contributed by atoms with Crippen molar-refractivity contribution < 1.29 is 28.7 Å². The first-order valence-corrected chi connectivity index (χ1v) is 14.6. The highest BCUT2D eigenvalue weighted by atomic mass is 32.1. The van der Waals surface area contributed by atoms with Gasteiger partial charge in [0.05, 0.1) is 12.0 Å². The summed E-state index contributed by atoms with van der Waals surface area (Å²) in [6.45, 7) is 7.87. The van der Waals surface area contributed by atoms with Gasteiger partial charge in [-0.25, -0.2) is 5.43 Å². The normalized spacial score (nSPS) is 29.1. The lowest BCUT2D eigenvalue weighted by molar-refractivity contribution is -0.154. The summed E-state index contributed by atoms with van der Waals surface area (Å²) in [5.41, 5.74) is 2.99. The van der Waals surface area contributed by atoms with Crippen molar-refractivity contribution in [1.29, 1.82) is 0 Å². The average molecular weight is 563 g/mol. The van der Waals surface area contributed by atoms with E-state index in [-0.39, 0.29) is 30.4 Å².